The minimum absolute atomic E-state index is 0.201. The van der Waals surface area contributed by atoms with Gasteiger partial charge in [0, 0.05) is 11.8 Å². The standard InChI is InChI=1S/C10H17NO2/c1-8(11(12)13)9-5-4-6-10(2,3)7-9/h5,8H,4,6-7H2,1-3H3. The average molecular weight is 183 g/mol. The van der Waals surface area contributed by atoms with E-state index in [4.69, 9.17) is 0 Å². The molecule has 0 aromatic rings. The van der Waals surface area contributed by atoms with Crippen LogP contribution in [0.2, 0.25) is 0 Å². The Morgan fingerprint density at radius 1 is 1.62 bits per heavy atom. The molecule has 13 heavy (non-hydrogen) atoms. The molecule has 0 spiro atoms. The summed E-state index contributed by atoms with van der Waals surface area (Å²) in [6, 6.07) is -0.500. The van der Waals surface area contributed by atoms with Gasteiger partial charge in [-0.3, -0.25) is 10.1 Å². The molecule has 0 aromatic carbocycles. The van der Waals surface area contributed by atoms with Gasteiger partial charge in [-0.05, 0) is 30.3 Å². The zero-order valence-corrected chi connectivity index (χ0v) is 8.54. The Bertz CT molecular complexity index is 243. The lowest BCUT2D eigenvalue weighted by atomic mass is 9.76. The molecular formula is C10H17NO2. The third kappa shape index (κ3) is 2.54. The van der Waals surface area contributed by atoms with Crippen LogP contribution in [-0.4, -0.2) is 11.0 Å². The summed E-state index contributed by atoms with van der Waals surface area (Å²) in [6.45, 7) is 6.02. The van der Waals surface area contributed by atoms with Crippen molar-refractivity contribution in [2.24, 2.45) is 5.41 Å². The number of nitro groups is 1. The van der Waals surface area contributed by atoms with E-state index in [2.05, 4.69) is 13.8 Å². The fourth-order valence-corrected chi connectivity index (χ4v) is 1.82. The van der Waals surface area contributed by atoms with E-state index in [9.17, 15) is 10.1 Å². The first-order valence-electron chi connectivity index (χ1n) is 4.75. The summed E-state index contributed by atoms with van der Waals surface area (Å²) in [5.74, 6) is 0. The lowest BCUT2D eigenvalue weighted by Crippen LogP contribution is -2.25. The summed E-state index contributed by atoms with van der Waals surface area (Å²) >= 11 is 0. The molecule has 1 aliphatic rings. The minimum Gasteiger partial charge on any atom is -0.264 e. The van der Waals surface area contributed by atoms with E-state index in [1.165, 1.54) is 0 Å². The normalized spacial score (nSPS) is 23.5. The molecule has 0 fully saturated rings. The van der Waals surface area contributed by atoms with E-state index in [1.807, 2.05) is 6.08 Å². The second kappa shape index (κ2) is 3.48. The highest BCUT2D eigenvalue weighted by molar-refractivity contribution is 5.12. The summed E-state index contributed by atoms with van der Waals surface area (Å²) in [5, 5.41) is 10.6. The third-order valence-corrected chi connectivity index (χ3v) is 2.76. The van der Waals surface area contributed by atoms with Gasteiger partial charge in [0.2, 0.25) is 6.04 Å². The number of hydrogen-bond acceptors (Lipinski definition) is 2. The Hall–Kier alpha value is -0.860. The maximum absolute atomic E-state index is 10.6. The van der Waals surface area contributed by atoms with E-state index in [0.29, 0.717) is 0 Å². The Balaban J connectivity index is 2.71. The smallest absolute Gasteiger partial charge is 0.231 e. The van der Waals surface area contributed by atoms with Crippen LogP contribution in [0.3, 0.4) is 0 Å². The molecule has 3 nitrogen and oxygen atoms in total. The van der Waals surface area contributed by atoms with Crippen molar-refractivity contribution in [2.75, 3.05) is 0 Å². The predicted octanol–water partition coefficient (Wildman–Crippen LogP) is 2.79. The molecule has 1 aliphatic carbocycles. The van der Waals surface area contributed by atoms with Crippen molar-refractivity contribution < 1.29 is 4.92 Å². The molecule has 0 N–H and O–H groups in total. The SMILES string of the molecule is CC(C1=CCCC(C)(C)C1)[N+](=O)[O-]. The first-order chi connectivity index (χ1) is 5.92. The van der Waals surface area contributed by atoms with Gasteiger partial charge in [-0.25, -0.2) is 0 Å². The number of hydrogen-bond donors (Lipinski definition) is 0. The molecule has 0 heterocycles. The van der Waals surface area contributed by atoms with Crippen molar-refractivity contribution in [3.63, 3.8) is 0 Å². The molecule has 0 saturated carbocycles. The van der Waals surface area contributed by atoms with Gasteiger partial charge in [-0.15, -0.1) is 0 Å². The van der Waals surface area contributed by atoms with E-state index >= 15 is 0 Å². The zero-order valence-electron chi connectivity index (χ0n) is 8.54. The lowest BCUT2D eigenvalue weighted by molar-refractivity contribution is -0.508. The molecule has 0 aromatic heterocycles. The Morgan fingerprint density at radius 2 is 2.23 bits per heavy atom. The highest BCUT2D eigenvalue weighted by Crippen LogP contribution is 2.36. The Labute approximate surface area is 79.0 Å². The number of nitrogens with zero attached hydrogens (tertiary/aromatic N) is 1. The van der Waals surface area contributed by atoms with Crippen LogP contribution in [0.5, 0.6) is 0 Å². The summed E-state index contributed by atoms with van der Waals surface area (Å²) in [5.41, 5.74) is 1.25. The highest BCUT2D eigenvalue weighted by atomic mass is 16.6. The Kier molecular flexibility index (Phi) is 2.74. The first kappa shape index (κ1) is 10.2. The topological polar surface area (TPSA) is 43.1 Å². The van der Waals surface area contributed by atoms with Crippen LogP contribution in [0.25, 0.3) is 0 Å². The predicted molar refractivity (Wildman–Crippen MR) is 52.2 cm³/mol. The van der Waals surface area contributed by atoms with E-state index in [1.54, 1.807) is 6.92 Å². The molecule has 0 saturated heterocycles. The first-order valence-corrected chi connectivity index (χ1v) is 4.75. The van der Waals surface area contributed by atoms with E-state index in [0.717, 1.165) is 24.8 Å². The van der Waals surface area contributed by atoms with Crippen molar-refractivity contribution >= 4 is 0 Å². The summed E-state index contributed by atoms with van der Waals surface area (Å²) in [4.78, 5) is 10.4. The fraction of sp³-hybridized carbons (Fsp3) is 0.800. The van der Waals surface area contributed by atoms with Crippen molar-refractivity contribution in [1.82, 2.24) is 0 Å². The van der Waals surface area contributed by atoms with Crippen LogP contribution in [0.1, 0.15) is 40.0 Å². The second-order valence-electron chi connectivity index (χ2n) is 4.62. The number of rotatable bonds is 2. The van der Waals surface area contributed by atoms with Crippen LogP contribution >= 0.6 is 0 Å². The van der Waals surface area contributed by atoms with Crippen LogP contribution in [0.15, 0.2) is 11.6 Å². The fourth-order valence-electron chi connectivity index (χ4n) is 1.82. The molecule has 0 radical (unpaired) electrons. The largest absolute Gasteiger partial charge is 0.264 e. The molecule has 1 atom stereocenters. The van der Waals surface area contributed by atoms with Crippen LogP contribution in [0, 0.1) is 15.5 Å². The quantitative estimate of drug-likeness (QED) is 0.375. The van der Waals surface area contributed by atoms with Gasteiger partial charge in [0.25, 0.3) is 0 Å². The molecule has 1 rings (SSSR count). The van der Waals surface area contributed by atoms with E-state index in [-0.39, 0.29) is 10.3 Å². The van der Waals surface area contributed by atoms with Gasteiger partial charge in [0.05, 0.1) is 0 Å². The monoisotopic (exact) mass is 183 g/mol. The summed E-state index contributed by atoms with van der Waals surface area (Å²) < 4.78 is 0. The van der Waals surface area contributed by atoms with Crippen molar-refractivity contribution in [2.45, 2.75) is 46.1 Å². The lowest BCUT2D eigenvalue weighted by Gasteiger charge is -2.29. The molecule has 0 bridgehead atoms. The third-order valence-electron chi connectivity index (χ3n) is 2.76. The van der Waals surface area contributed by atoms with Crippen LogP contribution < -0.4 is 0 Å². The van der Waals surface area contributed by atoms with Gasteiger partial charge in [0.15, 0.2) is 0 Å². The molecule has 1 unspecified atom stereocenters. The van der Waals surface area contributed by atoms with Gasteiger partial charge < -0.3 is 0 Å². The van der Waals surface area contributed by atoms with Gasteiger partial charge in [-0.1, -0.05) is 19.9 Å². The maximum atomic E-state index is 10.6. The molecule has 0 aliphatic heterocycles. The summed E-state index contributed by atoms with van der Waals surface area (Å²) in [6.07, 6.45) is 5.04. The van der Waals surface area contributed by atoms with Crippen LogP contribution in [0.4, 0.5) is 0 Å². The van der Waals surface area contributed by atoms with Gasteiger partial charge in [-0.2, -0.15) is 0 Å². The van der Waals surface area contributed by atoms with E-state index < -0.39 is 6.04 Å². The molecule has 0 amide bonds. The molecular weight excluding hydrogens is 166 g/mol. The number of allylic oxidation sites excluding steroid dienone is 1. The highest BCUT2D eigenvalue weighted by Gasteiger charge is 2.29. The van der Waals surface area contributed by atoms with Crippen molar-refractivity contribution in [3.8, 4) is 0 Å². The van der Waals surface area contributed by atoms with Crippen LogP contribution in [-0.2, 0) is 0 Å². The molecule has 74 valence electrons. The van der Waals surface area contributed by atoms with Gasteiger partial charge in [0.1, 0.15) is 0 Å². The zero-order chi connectivity index (χ0) is 10.1. The Morgan fingerprint density at radius 3 is 2.69 bits per heavy atom. The minimum atomic E-state index is -0.500. The molecule has 3 heteroatoms. The average Bonchev–Trinajstić information content (AvgIpc) is 2.01. The summed E-state index contributed by atoms with van der Waals surface area (Å²) in [7, 11) is 0. The second-order valence-corrected chi connectivity index (χ2v) is 4.62. The maximum Gasteiger partial charge on any atom is 0.231 e. The van der Waals surface area contributed by atoms with Crippen molar-refractivity contribution in [3.05, 3.63) is 21.8 Å². The van der Waals surface area contributed by atoms with Crippen molar-refractivity contribution in [1.29, 1.82) is 0 Å². The van der Waals surface area contributed by atoms with Gasteiger partial charge >= 0.3 is 0 Å².